The quantitative estimate of drug-likeness (QED) is 0.517. The highest BCUT2D eigenvalue weighted by molar-refractivity contribution is 5.87. The third kappa shape index (κ3) is 8.18. The van der Waals surface area contributed by atoms with Crippen LogP contribution in [0.4, 0.5) is 0 Å². The van der Waals surface area contributed by atoms with E-state index in [1.165, 1.54) is 0 Å². The number of carbonyl (C=O) groups excluding carboxylic acids is 1. The lowest BCUT2D eigenvalue weighted by Gasteiger charge is -2.18. The van der Waals surface area contributed by atoms with Gasteiger partial charge in [-0.2, -0.15) is 0 Å². The van der Waals surface area contributed by atoms with Gasteiger partial charge >= 0.3 is 5.97 Å². The van der Waals surface area contributed by atoms with Gasteiger partial charge in [-0.05, 0) is 25.9 Å². The van der Waals surface area contributed by atoms with Crippen molar-refractivity contribution in [2.24, 2.45) is 5.41 Å². The minimum absolute atomic E-state index is 0.0114. The van der Waals surface area contributed by atoms with Crippen molar-refractivity contribution >= 4 is 5.97 Å². The molecular formula is C12H23NO2. The van der Waals surface area contributed by atoms with Crippen molar-refractivity contribution in [1.29, 1.82) is 0 Å². The van der Waals surface area contributed by atoms with E-state index in [4.69, 9.17) is 4.74 Å². The zero-order valence-corrected chi connectivity index (χ0v) is 10.6. The van der Waals surface area contributed by atoms with E-state index >= 15 is 0 Å². The van der Waals surface area contributed by atoms with Crippen molar-refractivity contribution < 1.29 is 9.53 Å². The summed E-state index contributed by atoms with van der Waals surface area (Å²) in [7, 11) is 3.93. The maximum atomic E-state index is 11.5. The van der Waals surface area contributed by atoms with Gasteiger partial charge in [-0.25, -0.2) is 4.79 Å². The average Bonchev–Trinajstić information content (AvgIpc) is 2.08. The van der Waals surface area contributed by atoms with Crippen LogP contribution in [-0.4, -0.2) is 38.1 Å². The highest BCUT2D eigenvalue weighted by Gasteiger charge is 2.15. The lowest BCUT2D eigenvalue weighted by molar-refractivity contribution is -0.141. The van der Waals surface area contributed by atoms with Crippen LogP contribution in [0.3, 0.4) is 0 Å². The number of esters is 1. The summed E-state index contributed by atoms with van der Waals surface area (Å²) in [5.74, 6) is -0.272. The summed E-state index contributed by atoms with van der Waals surface area (Å²) < 4.78 is 5.14. The van der Waals surface area contributed by atoms with E-state index in [-0.39, 0.29) is 11.4 Å². The summed E-state index contributed by atoms with van der Waals surface area (Å²) >= 11 is 0. The van der Waals surface area contributed by atoms with Gasteiger partial charge in [-0.3, -0.25) is 0 Å². The SMILES string of the molecule is C=C(CCN(C)C)C(=O)OCC(C)(C)C. The van der Waals surface area contributed by atoms with Crippen LogP contribution in [-0.2, 0) is 9.53 Å². The molecule has 0 unspecified atom stereocenters. The van der Waals surface area contributed by atoms with Gasteiger partial charge in [0.05, 0.1) is 6.61 Å². The number of hydrogen-bond acceptors (Lipinski definition) is 3. The largest absolute Gasteiger partial charge is 0.462 e. The molecule has 0 heterocycles. The highest BCUT2D eigenvalue weighted by atomic mass is 16.5. The van der Waals surface area contributed by atoms with Crippen molar-refractivity contribution in [2.75, 3.05) is 27.2 Å². The van der Waals surface area contributed by atoms with Crippen molar-refractivity contribution in [3.63, 3.8) is 0 Å². The first-order valence-corrected chi connectivity index (χ1v) is 5.22. The minimum Gasteiger partial charge on any atom is -0.462 e. The molecule has 0 aromatic rings. The molecule has 0 aliphatic heterocycles. The fraction of sp³-hybridized carbons (Fsp3) is 0.750. The number of ether oxygens (including phenoxy) is 1. The maximum Gasteiger partial charge on any atom is 0.333 e. The second-order valence-corrected chi connectivity index (χ2v) is 5.29. The molecule has 0 radical (unpaired) electrons. The van der Waals surface area contributed by atoms with E-state index in [1.807, 2.05) is 39.8 Å². The molecule has 3 heteroatoms. The predicted molar refractivity (Wildman–Crippen MR) is 62.7 cm³/mol. The van der Waals surface area contributed by atoms with E-state index in [1.54, 1.807) is 0 Å². The summed E-state index contributed by atoms with van der Waals surface area (Å²) in [6.45, 7) is 11.1. The standard InChI is InChI=1S/C12H23NO2/c1-10(7-8-13(5)6)11(14)15-9-12(2,3)4/h1,7-9H2,2-6H3. The molecule has 88 valence electrons. The first-order chi connectivity index (χ1) is 6.72. The summed E-state index contributed by atoms with van der Waals surface area (Å²) in [6.07, 6.45) is 0.663. The van der Waals surface area contributed by atoms with Crippen LogP contribution in [0.5, 0.6) is 0 Å². The monoisotopic (exact) mass is 213 g/mol. The van der Waals surface area contributed by atoms with E-state index in [9.17, 15) is 4.79 Å². The molecule has 0 atom stereocenters. The average molecular weight is 213 g/mol. The van der Waals surface area contributed by atoms with E-state index < -0.39 is 0 Å². The van der Waals surface area contributed by atoms with Gasteiger partial charge in [0.25, 0.3) is 0 Å². The van der Waals surface area contributed by atoms with Crippen LogP contribution < -0.4 is 0 Å². The van der Waals surface area contributed by atoms with Crippen LogP contribution in [0.25, 0.3) is 0 Å². The molecular weight excluding hydrogens is 190 g/mol. The van der Waals surface area contributed by atoms with Crippen molar-refractivity contribution in [3.05, 3.63) is 12.2 Å². The lowest BCUT2D eigenvalue weighted by atomic mass is 9.99. The first-order valence-electron chi connectivity index (χ1n) is 5.22. The van der Waals surface area contributed by atoms with Gasteiger partial charge in [0, 0.05) is 12.1 Å². The Kier molecular flexibility index (Phi) is 5.58. The van der Waals surface area contributed by atoms with Crippen molar-refractivity contribution in [1.82, 2.24) is 4.90 Å². The Labute approximate surface area is 93.1 Å². The zero-order chi connectivity index (χ0) is 12.1. The van der Waals surface area contributed by atoms with Crippen LogP contribution in [0.1, 0.15) is 27.2 Å². The second-order valence-electron chi connectivity index (χ2n) is 5.29. The molecule has 0 spiro atoms. The molecule has 0 aliphatic rings. The Bertz CT molecular complexity index is 226. The normalized spacial score (nSPS) is 11.6. The van der Waals surface area contributed by atoms with Crippen LogP contribution in [0.15, 0.2) is 12.2 Å². The Morgan fingerprint density at radius 1 is 1.33 bits per heavy atom. The first kappa shape index (κ1) is 14.2. The molecule has 0 amide bonds. The summed E-state index contributed by atoms with van der Waals surface area (Å²) in [6, 6.07) is 0. The topological polar surface area (TPSA) is 29.5 Å². The number of carbonyl (C=O) groups is 1. The van der Waals surface area contributed by atoms with E-state index in [2.05, 4.69) is 6.58 Å². The molecule has 0 saturated heterocycles. The van der Waals surface area contributed by atoms with Gasteiger partial charge in [0.15, 0.2) is 0 Å². The maximum absolute atomic E-state index is 11.5. The molecule has 0 saturated carbocycles. The van der Waals surface area contributed by atoms with Gasteiger partial charge in [-0.1, -0.05) is 27.4 Å². The minimum atomic E-state index is -0.272. The molecule has 0 fully saturated rings. The summed E-state index contributed by atoms with van der Waals surface area (Å²) in [5, 5.41) is 0. The summed E-state index contributed by atoms with van der Waals surface area (Å²) in [4.78, 5) is 13.5. The fourth-order valence-corrected chi connectivity index (χ4v) is 0.845. The Balaban J connectivity index is 3.85. The van der Waals surface area contributed by atoms with Crippen molar-refractivity contribution in [3.8, 4) is 0 Å². The molecule has 0 bridgehead atoms. The molecule has 0 aliphatic carbocycles. The van der Waals surface area contributed by atoms with Crippen LogP contribution in [0.2, 0.25) is 0 Å². The van der Waals surface area contributed by atoms with Gasteiger partial charge < -0.3 is 9.64 Å². The third-order valence-electron chi connectivity index (χ3n) is 1.79. The van der Waals surface area contributed by atoms with Crippen LogP contribution in [0, 0.1) is 5.41 Å². The van der Waals surface area contributed by atoms with E-state index in [0.29, 0.717) is 18.6 Å². The number of hydrogen-bond donors (Lipinski definition) is 0. The molecule has 3 nitrogen and oxygen atoms in total. The second kappa shape index (κ2) is 5.91. The van der Waals surface area contributed by atoms with Crippen molar-refractivity contribution in [2.45, 2.75) is 27.2 Å². The van der Waals surface area contributed by atoms with Gasteiger partial charge in [0.2, 0.25) is 0 Å². The highest BCUT2D eigenvalue weighted by Crippen LogP contribution is 2.14. The van der Waals surface area contributed by atoms with Gasteiger partial charge in [-0.15, -0.1) is 0 Å². The number of nitrogens with zero attached hydrogens (tertiary/aromatic N) is 1. The molecule has 0 aromatic heterocycles. The smallest absolute Gasteiger partial charge is 0.333 e. The summed E-state index contributed by atoms with van der Waals surface area (Å²) in [5.41, 5.74) is 0.560. The molecule has 15 heavy (non-hydrogen) atoms. The molecule has 0 rings (SSSR count). The lowest BCUT2D eigenvalue weighted by Crippen LogP contribution is -2.21. The Morgan fingerprint density at radius 3 is 2.27 bits per heavy atom. The van der Waals surface area contributed by atoms with Crippen LogP contribution >= 0.6 is 0 Å². The van der Waals surface area contributed by atoms with Gasteiger partial charge in [0.1, 0.15) is 0 Å². The Morgan fingerprint density at radius 2 is 1.87 bits per heavy atom. The zero-order valence-electron chi connectivity index (χ0n) is 10.6. The fourth-order valence-electron chi connectivity index (χ4n) is 0.845. The van der Waals surface area contributed by atoms with E-state index in [0.717, 1.165) is 6.54 Å². The predicted octanol–water partition coefficient (Wildman–Crippen LogP) is 2.08. The third-order valence-corrected chi connectivity index (χ3v) is 1.79. The molecule has 0 N–H and O–H groups in total. The Hall–Kier alpha value is -0.830. The number of rotatable bonds is 5. The molecule has 0 aromatic carbocycles.